The van der Waals surface area contributed by atoms with Crippen LogP contribution in [0.5, 0.6) is 0 Å². The number of carbonyl (C=O) groups excluding carboxylic acids is 1. The fourth-order valence-corrected chi connectivity index (χ4v) is 10.5. The minimum absolute atomic E-state index is 0.228. The smallest absolute Gasteiger partial charge is 0.394 e. The summed E-state index contributed by atoms with van der Waals surface area (Å²) in [6.45, 7) is 3.45. The first-order chi connectivity index (χ1) is 35.5. The number of amides is 1. The molecule has 1 saturated heterocycles. The van der Waals surface area contributed by atoms with Crippen LogP contribution in [0.2, 0.25) is 0 Å². The predicted octanol–water partition coefficient (Wildman–Crippen LogP) is 14.8. The zero-order valence-electron chi connectivity index (χ0n) is 47.0. The van der Waals surface area contributed by atoms with Gasteiger partial charge in [0.05, 0.1) is 25.4 Å². The normalized spacial score (nSPS) is 19.4. The molecule has 1 amide bonds. The molecule has 432 valence electrons. The van der Waals surface area contributed by atoms with Crippen molar-refractivity contribution in [3.05, 3.63) is 24.3 Å². The largest absolute Gasteiger partial charge is 0.397 e. The van der Waals surface area contributed by atoms with Crippen molar-refractivity contribution in [2.24, 2.45) is 0 Å². The van der Waals surface area contributed by atoms with Gasteiger partial charge in [0.2, 0.25) is 5.91 Å². The van der Waals surface area contributed by atoms with Crippen molar-refractivity contribution >= 4 is 16.3 Å². The van der Waals surface area contributed by atoms with Crippen LogP contribution in [0.3, 0.4) is 0 Å². The number of carbonyl (C=O) groups is 1. The molecule has 0 aromatic heterocycles. The third-order valence-corrected chi connectivity index (χ3v) is 15.2. The molecule has 7 atom stereocenters. The first-order valence-electron chi connectivity index (χ1n) is 30.7. The van der Waals surface area contributed by atoms with Crippen LogP contribution >= 0.6 is 0 Å². The monoisotopic (exact) mass is 1060 g/mol. The van der Waals surface area contributed by atoms with Crippen LogP contribution < -0.4 is 5.32 Å². The number of aliphatic hydroxyl groups excluding tert-OH is 4. The summed E-state index contributed by atoms with van der Waals surface area (Å²) in [7, 11) is -5.08. The Morgan fingerprint density at radius 1 is 0.548 bits per heavy atom. The van der Waals surface area contributed by atoms with Gasteiger partial charge >= 0.3 is 10.4 Å². The van der Waals surface area contributed by atoms with Gasteiger partial charge in [0.25, 0.3) is 0 Å². The Balaban J connectivity index is 2.11. The minimum atomic E-state index is -5.08. The van der Waals surface area contributed by atoms with Crippen molar-refractivity contribution in [1.82, 2.24) is 5.32 Å². The molecular weight excluding hydrogens is 943 g/mol. The second-order valence-corrected chi connectivity index (χ2v) is 22.7. The minimum Gasteiger partial charge on any atom is -0.394 e. The van der Waals surface area contributed by atoms with E-state index in [-0.39, 0.29) is 12.5 Å². The molecule has 1 heterocycles. The number of hydrogen-bond donors (Lipinski definition) is 6. The van der Waals surface area contributed by atoms with Crippen LogP contribution in [0.1, 0.15) is 296 Å². The van der Waals surface area contributed by atoms with E-state index in [4.69, 9.17) is 9.47 Å². The summed E-state index contributed by atoms with van der Waals surface area (Å²) in [5.74, 6) is -0.228. The summed E-state index contributed by atoms with van der Waals surface area (Å²) in [6.07, 6.45) is 53.9. The van der Waals surface area contributed by atoms with Crippen LogP contribution in [-0.2, 0) is 28.9 Å². The van der Waals surface area contributed by atoms with Crippen LogP contribution in [0.4, 0.5) is 0 Å². The fourth-order valence-electron chi connectivity index (χ4n) is 10.0. The quantitative estimate of drug-likeness (QED) is 0.0193. The maximum Gasteiger partial charge on any atom is 0.397 e. The van der Waals surface area contributed by atoms with Crippen molar-refractivity contribution < 1.29 is 51.8 Å². The average Bonchev–Trinajstić information content (AvgIpc) is 3.37. The molecule has 1 aliphatic rings. The van der Waals surface area contributed by atoms with E-state index in [1.54, 1.807) is 0 Å². The molecule has 0 bridgehead atoms. The Hall–Kier alpha value is -1.42. The Bertz CT molecular complexity index is 1380. The van der Waals surface area contributed by atoms with E-state index in [1.807, 2.05) is 0 Å². The van der Waals surface area contributed by atoms with Gasteiger partial charge in [0.15, 0.2) is 6.29 Å². The van der Waals surface area contributed by atoms with Crippen molar-refractivity contribution in [3.8, 4) is 0 Å². The zero-order chi connectivity index (χ0) is 53.3. The van der Waals surface area contributed by atoms with Gasteiger partial charge in [-0.3, -0.25) is 9.35 Å². The van der Waals surface area contributed by atoms with Gasteiger partial charge in [-0.05, 0) is 44.9 Å². The predicted molar refractivity (Wildman–Crippen MR) is 301 cm³/mol. The van der Waals surface area contributed by atoms with E-state index in [1.165, 1.54) is 212 Å². The summed E-state index contributed by atoms with van der Waals surface area (Å²) >= 11 is 0. The number of ether oxygens (including phenoxy) is 2. The second-order valence-electron chi connectivity index (χ2n) is 21.6. The second kappa shape index (κ2) is 50.1. The first kappa shape index (κ1) is 69.6. The summed E-state index contributed by atoms with van der Waals surface area (Å²) < 4.78 is 47.7. The summed E-state index contributed by atoms with van der Waals surface area (Å²) in [4.78, 5) is 13.1. The Labute approximate surface area is 448 Å². The zero-order valence-corrected chi connectivity index (χ0v) is 47.8. The molecule has 13 heteroatoms. The van der Waals surface area contributed by atoms with Crippen molar-refractivity contribution in [2.45, 2.75) is 339 Å². The maximum atomic E-state index is 13.1. The van der Waals surface area contributed by atoms with E-state index >= 15 is 0 Å². The van der Waals surface area contributed by atoms with Gasteiger partial charge in [-0.15, -0.1) is 0 Å². The summed E-state index contributed by atoms with van der Waals surface area (Å²) in [5.41, 5.74) is 0. The summed E-state index contributed by atoms with van der Waals surface area (Å²) in [6, 6.07) is -0.855. The summed E-state index contributed by atoms with van der Waals surface area (Å²) in [5, 5.41) is 44.9. The van der Waals surface area contributed by atoms with Gasteiger partial charge < -0.3 is 35.2 Å². The lowest BCUT2D eigenvalue weighted by Gasteiger charge is -2.41. The molecule has 0 saturated carbocycles. The highest BCUT2D eigenvalue weighted by Crippen LogP contribution is 2.26. The lowest BCUT2D eigenvalue weighted by atomic mass is 9.99. The highest BCUT2D eigenvalue weighted by molar-refractivity contribution is 7.80. The molecule has 1 fully saturated rings. The Kier molecular flexibility index (Phi) is 47.8. The van der Waals surface area contributed by atoms with Crippen LogP contribution in [0.15, 0.2) is 24.3 Å². The first-order valence-corrected chi connectivity index (χ1v) is 32.1. The standard InChI is InChI=1S/C60H115NO11S/c1-3-5-7-9-11-13-14-15-16-17-18-19-20-21-22-23-24-25-26-27-28-29-30-31-32-33-34-35-36-37-38-39-40-42-44-46-48-50-56(64)61-53(54(63)49-47-45-43-41-12-10-8-6-4-2)52-70-60-58(66)59(72-73(67,68)69)57(65)55(51-62)71-60/h22-23,25-26,53-55,57-60,62-63,65-66H,3-21,24,27-52H2,1-2H3,(H,61,64)(H,67,68,69)/b23-22-,26-25-. The molecule has 7 unspecified atom stereocenters. The molecule has 0 radical (unpaired) electrons. The van der Waals surface area contributed by atoms with Crippen molar-refractivity contribution in [1.29, 1.82) is 0 Å². The molecule has 6 N–H and O–H groups in total. The molecule has 1 aliphatic heterocycles. The van der Waals surface area contributed by atoms with Gasteiger partial charge in [-0.1, -0.05) is 269 Å². The van der Waals surface area contributed by atoms with Crippen molar-refractivity contribution in [2.75, 3.05) is 13.2 Å². The fraction of sp³-hybridized carbons (Fsp3) is 0.917. The van der Waals surface area contributed by atoms with Crippen molar-refractivity contribution in [3.63, 3.8) is 0 Å². The molecule has 1 rings (SSSR count). The molecule has 73 heavy (non-hydrogen) atoms. The topological polar surface area (TPSA) is 192 Å². The third kappa shape index (κ3) is 42.3. The Morgan fingerprint density at radius 2 is 0.918 bits per heavy atom. The molecule has 0 aromatic carbocycles. The van der Waals surface area contributed by atoms with E-state index in [0.717, 1.165) is 57.8 Å². The van der Waals surface area contributed by atoms with Gasteiger partial charge in [0, 0.05) is 6.42 Å². The number of unbranched alkanes of at least 4 members (excludes halogenated alkanes) is 38. The Morgan fingerprint density at radius 3 is 1.30 bits per heavy atom. The van der Waals surface area contributed by atoms with Gasteiger partial charge in [-0.25, -0.2) is 4.18 Å². The van der Waals surface area contributed by atoms with Crippen LogP contribution in [-0.4, -0.2) is 95.4 Å². The SMILES string of the molecule is CCCCCCCCCCCCCCC/C=C\C/C=C\CCCCCCCCCCCCCCCCCCCC(=O)NC(COC1OC(CO)C(O)C(OS(=O)(=O)O)C1O)C(O)CCCCCCCCCCC. The van der Waals surface area contributed by atoms with E-state index in [2.05, 4.69) is 47.7 Å². The molecule has 0 spiro atoms. The van der Waals surface area contributed by atoms with Crippen LogP contribution in [0.25, 0.3) is 0 Å². The third-order valence-electron chi connectivity index (χ3n) is 14.8. The lowest BCUT2D eigenvalue weighted by molar-refractivity contribution is -0.298. The molecule has 0 aromatic rings. The van der Waals surface area contributed by atoms with Gasteiger partial charge in [-0.2, -0.15) is 8.42 Å². The number of aliphatic hydroxyl groups is 4. The van der Waals surface area contributed by atoms with E-state index < -0.39 is 59.9 Å². The lowest BCUT2D eigenvalue weighted by Crippen LogP contribution is -2.61. The highest BCUT2D eigenvalue weighted by Gasteiger charge is 2.48. The van der Waals surface area contributed by atoms with Crippen LogP contribution in [0, 0.1) is 0 Å². The maximum absolute atomic E-state index is 13.1. The molecule has 12 nitrogen and oxygen atoms in total. The number of nitrogens with one attached hydrogen (secondary N) is 1. The molecule has 0 aliphatic carbocycles. The van der Waals surface area contributed by atoms with E-state index in [9.17, 15) is 38.2 Å². The highest BCUT2D eigenvalue weighted by atomic mass is 32.3. The van der Waals surface area contributed by atoms with E-state index in [0.29, 0.717) is 12.8 Å². The number of allylic oxidation sites excluding steroid dienone is 4. The number of hydrogen-bond acceptors (Lipinski definition) is 10. The van der Waals surface area contributed by atoms with Gasteiger partial charge in [0.1, 0.15) is 24.4 Å². The average molecular weight is 1060 g/mol. The number of rotatable bonds is 54. The molecular formula is C60H115NO11S.